The maximum absolute atomic E-state index is 12.2. The Kier molecular flexibility index (Phi) is 5.15. The van der Waals surface area contributed by atoms with E-state index in [-0.39, 0.29) is 17.2 Å². The van der Waals surface area contributed by atoms with E-state index in [4.69, 9.17) is 9.84 Å². The number of methoxy groups -OCH3 is 1. The SMILES string of the molecule is COc1ccc(C=C(C)C(=O)Nc2ccccc2C(=O)O)cc1. The molecule has 0 atom stereocenters. The summed E-state index contributed by atoms with van der Waals surface area (Å²) in [5.41, 5.74) is 1.64. The van der Waals surface area contributed by atoms with E-state index in [1.54, 1.807) is 50.4 Å². The fourth-order valence-electron chi connectivity index (χ4n) is 2.02. The Morgan fingerprint density at radius 1 is 1.09 bits per heavy atom. The summed E-state index contributed by atoms with van der Waals surface area (Å²) < 4.78 is 5.08. The van der Waals surface area contributed by atoms with E-state index in [0.29, 0.717) is 5.57 Å². The molecule has 0 heterocycles. The maximum atomic E-state index is 12.2. The Morgan fingerprint density at radius 2 is 1.74 bits per heavy atom. The maximum Gasteiger partial charge on any atom is 0.337 e. The normalized spacial score (nSPS) is 11.0. The molecule has 5 nitrogen and oxygen atoms in total. The molecule has 0 aliphatic carbocycles. The standard InChI is InChI=1S/C18H17NO4/c1-12(11-13-7-9-14(23-2)10-8-13)17(20)19-16-6-4-3-5-15(16)18(21)22/h3-11H,1-2H3,(H,19,20)(H,21,22). The summed E-state index contributed by atoms with van der Waals surface area (Å²) in [7, 11) is 1.59. The van der Waals surface area contributed by atoms with Gasteiger partial charge in [0.2, 0.25) is 0 Å². The minimum absolute atomic E-state index is 0.0538. The lowest BCUT2D eigenvalue weighted by Crippen LogP contribution is -2.15. The number of rotatable bonds is 5. The highest BCUT2D eigenvalue weighted by Crippen LogP contribution is 2.17. The molecular formula is C18H17NO4. The van der Waals surface area contributed by atoms with Crippen molar-refractivity contribution in [1.29, 1.82) is 0 Å². The smallest absolute Gasteiger partial charge is 0.337 e. The summed E-state index contributed by atoms with van der Waals surface area (Å²) in [6.07, 6.45) is 1.72. The van der Waals surface area contributed by atoms with Crippen LogP contribution >= 0.6 is 0 Å². The number of hydrogen-bond donors (Lipinski definition) is 2. The van der Waals surface area contributed by atoms with E-state index in [9.17, 15) is 9.59 Å². The van der Waals surface area contributed by atoms with Gasteiger partial charge in [-0.1, -0.05) is 24.3 Å². The van der Waals surface area contributed by atoms with Crippen LogP contribution in [0, 0.1) is 0 Å². The molecule has 0 saturated carbocycles. The van der Waals surface area contributed by atoms with E-state index in [1.165, 1.54) is 6.07 Å². The number of carboxylic acids is 1. The second-order valence-corrected chi connectivity index (χ2v) is 4.91. The molecule has 0 bridgehead atoms. The van der Waals surface area contributed by atoms with Gasteiger partial charge in [0.05, 0.1) is 18.4 Å². The lowest BCUT2D eigenvalue weighted by Gasteiger charge is -2.08. The van der Waals surface area contributed by atoms with Crippen molar-refractivity contribution in [2.75, 3.05) is 12.4 Å². The van der Waals surface area contributed by atoms with Crippen molar-refractivity contribution in [2.45, 2.75) is 6.92 Å². The third kappa shape index (κ3) is 4.20. The van der Waals surface area contributed by atoms with Crippen LogP contribution in [0.25, 0.3) is 6.08 Å². The first-order valence-electron chi connectivity index (χ1n) is 6.97. The molecule has 0 fully saturated rings. The van der Waals surface area contributed by atoms with Gasteiger partial charge in [0.1, 0.15) is 5.75 Å². The van der Waals surface area contributed by atoms with Gasteiger partial charge in [-0.05, 0) is 42.8 Å². The molecule has 2 rings (SSSR count). The average molecular weight is 311 g/mol. The number of benzene rings is 2. The molecule has 0 aromatic heterocycles. The Labute approximate surface area is 134 Å². The number of para-hydroxylation sites is 1. The van der Waals surface area contributed by atoms with Gasteiger partial charge in [-0.25, -0.2) is 4.79 Å². The van der Waals surface area contributed by atoms with E-state index in [2.05, 4.69) is 5.32 Å². The van der Waals surface area contributed by atoms with Crippen molar-refractivity contribution in [3.63, 3.8) is 0 Å². The zero-order chi connectivity index (χ0) is 16.8. The predicted molar refractivity (Wildman–Crippen MR) is 88.7 cm³/mol. The quantitative estimate of drug-likeness (QED) is 0.829. The first-order valence-corrected chi connectivity index (χ1v) is 6.97. The van der Waals surface area contributed by atoms with Crippen molar-refractivity contribution >= 4 is 23.6 Å². The number of ether oxygens (including phenoxy) is 1. The van der Waals surface area contributed by atoms with Gasteiger partial charge in [-0.2, -0.15) is 0 Å². The molecule has 2 aromatic rings. The van der Waals surface area contributed by atoms with E-state index in [1.807, 2.05) is 12.1 Å². The van der Waals surface area contributed by atoms with E-state index in [0.717, 1.165) is 11.3 Å². The monoisotopic (exact) mass is 311 g/mol. The van der Waals surface area contributed by atoms with Gasteiger partial charge in [-0.3, -0.25) is 4.79 Å². The number of hydrogen-bond acceptors (Lipinski definition) is 3. The molecule has 2 aromatic carbocycles. The third-order valence-corrected chi connectivity index (χ3v) is 3.26. The van der Waals surface area contributed by atoms with E-state index >= 15 is 0 Å². The minimum atomic E-state index is -1.09. The summed E-state index contributed by atoms with van der Waals surface area (Å²) in [6.45, 7) is 1.67. The van der Waals surface area contributed by atoms with Crippen molar-refractivity contribution < 1.29 is 19.4 Å². The molecule has 1 amide bonds. The highest BCUT2D eigenvalue weighted by atomic mass is 16.5. The molecule has 0 saturated heterocycles. The number of amides is 1. The number of aromatic carboxylic acids is 1. The largest absolute Gasteiger partial charge is 0.497 e. The summed E-state index contributed by atoms with van der Waals surface area (Å²) in [6, 6.07) is 13.6. The summed E-state index contributed by atoms with van der Waals surface area (Å²) >= 11 is 0. The molecule has 0 unspecified atom stereocenters. The summed E-state index contributed by atoms with van der Waals surface area (Å²) in [5, 5.41) is 11.7. The zero-order valence-electron chi connectivity index (χ0n) is 12.9. The first kappa shape index (κ1) is 16.3. The van der Waals surface area contributed by atoms with Crippen molar-refractivity contribution in [2.24, 2.45) is 0 Å². The van der Waals surface area contributed by atoms with Crippen molar-refractivity contribution in [3.05, 3.63) is 65.2 Å². The van der Waals surface area contributed by atoms with Crippen LogP contribution in [0.5, 0.6) is 5.75 Å². The van der Waals surface area contributed by atoms with Crippen LogP contribution in [0.3, 0.4) is 0 Å². The van der Waals surface area contributed by atoms with Crippen LogP contribution in [0.1, 0.15) is 22.8 Å². The fraction of sp³-hybridized carbons (Fsp3) is 0.111. The lowest BCUT2D eigenvalue weighted by atomic mass is 10.1. The van der Waals surface area contributed by atoms with Gasteiger partial charge in [-0.15, -0.1) is 0 Å². The molecule has 0 radical (unpaired) electrons. The van der Waals surface area contributed by atoms with Gasteiger partial charge in [0, 0.05) is 5.57 Å². The molecule has 0 aliphatic rings. The Morgan fingerprint density at radius 3 is 2.35 bits per heavy atom. The van der Waals surface area contributed by atoms with Gasteiger partial charge in [0.25, 0.3) is 5.91 Å². The number of nitrogens with one attached hydrogen (secondary N) is 1. The molecule has 118 valence electrons. The fourth-order valence-corrected chi connectivity index (χ4v) is 2.02. The topological polar surface area (TPSA) is 75.6 Å². The van der Waals surface area contributed by atoms with Crippen molar-refractivity contribution in [3.8, 4) is 5.75 Å². The van der Waals surface area contributed by atoms with Crippen LogP contribution < -0.4 is 10.1 Å². The number of carbonyl (C=O) groups excluding carboxylic acids is 1. The molecule has 2 N–H and O–H groups in total. The average Bonchev–Trinajstić information content (AvgIpc) is 2.55. The second kappa shape index (κ2) is 7.26. The predicted octanol–water partition coefficient (Wildman–Crippen LogP) is 3.44. The molecule has 0 aliphatic heterocycles. The Bertz CT molecular complexity index is 748. The van der Waals surface area contributed by atoms with Crippen LogP contribution in [-0.2, 0) is 4.79 Å². The van der Waals surface area contributed by atoms with Gasteiger partial charge in [0.15, 0.2) is 0 Å². The van der Waals surface area contributed by atoms with Gasteiger partial charge >= 0.3 is 5.97 Å². The van der Waals surface area contributed by atoms with Crippen molar-refractivity contribution in [1.82, 2.24) is 0 Å². The van der Waals surface area contributed by atoms with Crippen LogP contribution in [-0.4, -0.2) is 24.1 Å². The second-order valence-electron chi connectivity index (χ2n) is 4.91. The molecule has 0 spiro atoms. The van der Waals surface area contributed by atoms with E-state index < -0.39 is 5.97 Å². The molecular weight excluding hydrogens is 294 g/mol. The number of carbonyl (C=O) groups is 2. The van der Waals surface area contributed by atoms with Crippen LogP contribution in [0.4, 0.5) is 5.69 Å². The number of carboxylic acid groups (broad SMARTS) is 1. The highest BCUT2D eigenvalue weighted by molar-refractivity contribution is 6.09. The van der Waals surface area contributed by atoms with Gasteiger partial charge < -0.3 is 15.2 Å². The highest BCUT2D eigenvalue weighted by Gasteiger charge is 2.12. The first-order chi connectivity index (χ1) is 11.0. The summed E-state index contributed by atoms with van der Waals surface area (Å²) in [4.78, 5) is 23.4. The third-order valence-electron chi connectivity index (χ3n) is 3.26. The lowest BCUT2D eigenvalue weighted by molar-refractivity contribution is -0.112. The minimum Gasteiger partial charge on any atom is -0.497 e. The Balaban J connectivity index is 2.16. The molecule has 23 heavy (non-hydrogen) atoms. The van der Waals surface area contributed by atoms with Crippen LogP contribution in [0.15, 0.2) is 54.1 Å². The zero-order valence-corrected chi connectivity index (χ0v) is 12.9. The van der Waals surface area contributed by atoms with Crippen LogP contribution in [0.2, 0.25) is 0 Å². The number of anilines is 1. The summed E-state index contributed by atoms with van der Waals surface area (Å²) in [5.74, 6) is -0.702. The molecule has 5 heteroatoms. The Hall–Kier alpha value is -3.08.